The second-order valence-electron chi connectivity index (χ2n) is 28.3. The first kappa shape index (κ1) is 79.2. The third-order valence-electron chi connectivity index (χ3n) is 20.8. The number of nitrogens with one attached hydrogen (secondary N) is 2. The van der Waals surface area contributed by atoms with E-state index in [4.69, 9.17) is 58.2 Å². The number of anilines is 2. The molecule has 592 valence electrons. The molecule has 1 aliphatic carbocycles. The highest BCUT2D eigenvalue weighted by Gasteiger charge is 2.33. The minimum atomic E-state index is -0.0275. The minimum absolute atomic E-state index is 0.00271. The molecule has 2 saturated heterocycles. The molecule has 2 atom stereocenters. The molecule has 1 saturated carbocycles. The van der Waals surface area contributed by atoms with Crippen LogP contribution in [-0.2, 0) is 9.59 Å². The summed E-state index contributed by atoms with van der Waals surface area (Å²) in [7, 11) is 11.2. The van der Waals surface area contributed by atoms with Crippen LogP contribution in [-0.4, -0.2) is 161 Å². The molecular weight excluding hydrogens is 1490 g/mol. The predicted molar refractivity (Wildman–Crippen MR) is 453 cm³/mol. The Morgan fingerprint density at radius 3 is 1.58 bits per heavy atom. The molecule has 115 heavy (non-hydrogen) atoms. The Labute approximate surface area is 676 Å². The lowest BCUT2D eigenvalue weighted by Gasteiger charge is -2.23. The summed E-state index contributed by atoms with van der Waals surface area (Å²) in [5.74, 6) is 7.59. The van der Waals surface area contributed by atoms with Crippen LogP contribution >= 0.6 is 22.7 Å². The number of phenolic OH excluding ortho intramolecular Hbond substituents is 1. The number of amides is 2. The molecule has 0 unspecified atom stereocenters. The van der Waals surface area contributed by atoms with Crippen molar-refractivity contribution in [2.45, 2.75) is 97.6 Å². The van der Waals surface area contributed by atoms with Gasteiger partial charge < -0.3 is 58.7 Å². The summed E-state index contributed by atoms with van der Waals surface area (Å²) in [5.41, 5.74) is 16.4. The van der Waals surface area contributed by atoms with Gasteiger partial charge in [-0.05, 0) is 152 Å². The molecule has 17 rings (SSSR count). The van der Waals surface area contributed by atoms with E-state index in [2.05, 4.69) is 106 Å². The number of hydrogen-bond acceptors (Lipinski definition) is 23. The Hall–Kier alpha value is -12.5. The van der Waals surface area contributed by atoms with Crippen molar-refractivity contribution in [1.82, 2.24) is 55.2 Å². The van der Waals surface area contributed by atoms with Crippen molar-refractivity contribution in [3.63, 3.8) is 0 Å². The lowest BCUT2D eigenvalue weighted by Crippen LogP contribution is -2.41. The summed E-state index contributed by atoms with van der Waals surface area (Å²) >= 11 is 3.40. The van der Waals surface area contributed by atoms with Crippen LogP contribution in [0.2, 0.25) is 0 Å². The molecule has 25 nitrogen and oxygen atoms in total. The highest BCUT2D eigenvalue weighted by Crippen LogP contribution is 2.44. The highest BCUT2D eigenvalue weighted by molar-refractivity contribution is 7.11. The Morgan fingerprint density at radius 1 is 0.496 bits per heavy atom. The lowest BCUT2D eigenvalue weighted by atomic mass is 9.88. The number of nitrogens with zero attached hydrogens (tertiary/aromatic N) is 13. The Balaban J connectivity index is 0.000000127. The van der Waals surface area contributed by atoms with Gasteiger partial charge in [-0.1, -0.05) is 97.3 Å². The largest absolute Gasteiger partial charge is 0.502 e. The maximum atomic E-state index is 12.7. The van der Waals surface area contributed by atoms with E-state index in [0.717, 1.165) is 153 Å². The lowest BCUT2D eigenvalue weighted by molar-refractivity contribution is -0.126. The van der Waals surface area contributed by atoms with Crippen LogP contribution in [0, 0.1) is 26.7 Å². The van der Waals surface area contributed by atoms with Gasteiger partial charge in [0.05, 0.1) is 99.4 Å². The van der Waals surface area contributed by atoms with Crippen LogP contribution in [0.15, 0.2) is 178 Å². The zero-order valence-electron chi connectivity index (χ0n) is 66.3. The maximum Gasteiger partial charge on any atom is 0.223 e. The van der Waals surface area contributed by atoms with Crippen LogP contribution in [0.4, 0.5) is 11.6 Å². The number of aromatic hydroxyl groups is 1. The Kier molecular flexibility index (Phi) is 24.9. The Bertz CT molecular complexity index is 5540. The van der Waals surface area contributed by atoms with Crippen molar-refractivity contribution in [2.24, 2.45) is 15.9 Å². The van der Waals surface area contributed by atoms with Gasteiger partial charge in [0, 0.05) is 92.8 Å². The number of hydrogen-bond donors (Lipinski definition) is 3. The number of methoxy groups -OCH3 is 7. The van der Waals surface area contributed by atoms with Gasteiger partial charge in [-0.15, -0.1) is 27.8 Å². The third kappa shape index (κ3) is 17.8. The van der Waals surface area contributed by atoms with Gasteiger partial charge in [0.1, 0.15) is 28.9 Å². The smallest absolute Gasteiger partial charge is 0.223 e. The number of carbonyl (C=O) groups excluding carboxylic acids is 2. The quantitative estimate of drug-likeness (QED) is 0.0639. The van der Waals surface area contributed by atoms with E-state index in [1.807, 2.05) is 116 Å². The predicted octanol–water partition coefficient (Wildman–Crippen LogP) is 15.7. The summed E-state index contributed by atoms with van der Waals surface area (Å²) in [6.07, 6.45) is 8.90. The number of thiophene rings is 2. The summed E-state index contributed by atoms with van der Waals surface area (Å²) in [5, 5.41) is 34.0. The number of benzene rings is 6. The maximum absolute atomic E-state index is 12.7. The van der Waals surface area contributed by atoms with E-state index in [1.165, 1.54) is 62.0 Å². The van der Waals surface area contributed by atoms with E-state index >= 15 is 0 Å². The van der Waals surface area contributed by atoms with Gasteiger partial charge in [-0.2, -0.15) is 9.78 Å². The molecule has 10 heterocycles. The number of carbonyl (C=O) groups is 2. The molecule has 2 amide bonds. The average Bonchev–Trinajstić information content (AvgIpc) is 1.63. The molecule has 3 N–H and O–H groups in total. The fourth-order valence-corrected chi connectivity index (χ4v) is 16.6. The van der Waals surface area contributed by atoms with Crippen LogP contribution in [0.5, 0.6) is 46.0 Å². The topological polar surface area (TPSA) is 274 Å². The Morgan fingerprint density at radius 2 is 1.04 bits per heavy atom. The van der Waals surface area contributed by atoms with E-state index in [9.17, 15) is 14.7 Å². The molecule has 4 aliphatic heterocycles. The van der Waals surface area contributed by atoms with Crippen LogP contribution < -0.4 is 53.6 Å². The molecule has 27 heteroatoms. The van der Waals surface area contributed by atoms with Crippen LogP contribution in [0.25, 0.3) is 56.3 Å². The fraction of sp³-hybridized carbons (Fsp3) is 0.307. The zero-order valence-corrected chi connectivity index (χ0v) is 68.0. The average molecular weight is 1580 g/mol. The molecule has 0 bridgehead atoms. The molecule has 6 aromatic carbocycles. The van der Waals surface area contributed by atoms with Gasteiger partial charge in [0.25, 0.3) is 0 Å². The van der Waals surface area contributed by atoms with Gasteiger partial charge in [-0.3, -0.25) is 19.6 Å². The second kappa shape index (κ2) is 36.1. The van der Waals surface area contributed by atoms with Gasteiger partial charge in [-0.25, -0.2) is 24.5 Å². The van der Waals surface area contributed by atoms with E-state index in [1.54, 1.807) is 75.0 Å². The summed E-state index contributed by atoms with van der Waals surface area (Å²) in [6, 6.07) is 52.3. The van der Waals surface area contributed by atoms with Crippen molar-refractivity contribution in [3.8, 4) is 62.9 Å². The number of imidazole rings is 1. The number of rotatable bonds is 20. The minimum Gasteiger partial charge on any atom is -0.502 e. The highest BCUT2D eigenvalue weighted by atomic mass is 32.1. The van der Waals surface area contributed by atoms with Crippen molar-refractivity contribution in [3.05, 3.63) is 218 Å². The molecule has 6 aromatic heterocycles. The van der Waals surface area contributed by atoms with Crippen molar-refractivity contribution in [2.75, 3.05) is 85.7 Å². The number of aliphatic imine (C=N–C) groups is 2. The van der Waals surface area contributed by atoms with Crippen LogP contribution in [0.3, 0.4) is 0 Å². The van der Waals surface area contributed by atoms with Crippen molar-refractivity contribution in [1.29, 1.82) is 0 Å². The first-order chi connectivity index (χ1) is 56.0. The molecule has 0 spiro atoms. The number of aryl methyl sites for hydroxylation is 3. The summed E-state index contributed by atoms with van der Waals surface area (Å²) in [6.45, 7) is 10.3. The van der Waals surface area contributed by atoms with Gasteiger partial charge >= 0.3 is 0 Å². The van der Waals surface area contributed by atoms with Crippen molar-refractivity contribution >= 4 is 96.9 Å². The number of fused-ring (bicyclic) bond motifs is 2. The first-order valence-electron chi connectivity index (χ1n) is 38.3. The second-order valence-corrected chi connectivity index (χ2v) is 30.2. The summed E-state index contributed by atoms with van der Waals surface area (Å²) < 4.78 is 41.0. The van der Waals surface area contributed by atoms with Crippen molar-refractivity contribution < 1.29 is 47.9 Å². The fourth-order valence-electron chi connectivity index (χ4n) is 15.1. The van der Waals surface area contributed by atoms with E-state index in [0.29, 0.717) is 58.8 Å². The summed E-state index contributed by atoms with van der Waals surface area (Å²) in [4.78, 5) is 59.5. The molecular formula is C88H93N15O10S2. The van der Waals surface area contributed by atoms with E-state index < -0.39 is 0 Å². The van der Waals surface area contributed by atoms with E-state index in [-0.39, 0.29) is 35.6 Å². The number of phenols is 1. The standard InChI is InChI=1S/C25H32N6O2.C22H19NO3S.C22H19NO2S.C19H23N7O3/c1-16-22(18-9-11-21(33-3)12-10-18)31-24(26-16)23(27-17(2)29-31)30-14-13-20(15-30)28-25(32)19-7-5-4-6-8-19;1-25-18-11-15(12-19(26-2)22(18)24)17-13-16(14-7-4-3-5-8-14)21(23-17)20-9-6-10-27-20;1-24-17-11-16(12-18(13-17)25-2)20-14-19(15-7-4-3-5-8-15)22(23-20)21-9-6-10-26-21;1-11-20-18(25-8-7-13(10-25)22-12(2)27)17-19(21-11)26(24-23-17)14-5-6-15(28-3)16(9-14)29-4/h9-12,19-20H,4-8,13-15H2,1-3H3,(H,28,32);3-12,24H,13H2,1-2H3;3-13H,14H2,1-2H3;5-6,9,13H,7-8,10H2,1-4H3,(H,22,27)/t20-;;;13-/m1..1/s1. The van der Waals surface area contributed by atoms with Gasteiger partial charge in [0.15, 0.2) is 51.4 Å². The molecule has 3 fully saturated rings. The SMILES string of the molecule is COc1cc(C2=NC(c3cccs3)=C(c3ccccc3)C2)cc(OC)c1O.COc1cc(OC)cc(C2=NC(c3cccs3)=C(c3ccccc3)C2)c1.COc1ccc(-c2c(C)nc3c(N4CC[C@@H](NC(=O)C5CCCCC5)C4)nc(C)nn23)cc1.COc1ccc(-n2nnc3c(N4CC[C@@H](NC(C)=O)C4)nc(C)nc32)cc1OC. The molecule has 5 aliphatic rings. The van der Waals surface area contributed by atoms with Crippen LogP contribution in [0.1, 0.15) is 114 Å². The zero-order chi connectivity index (χ0) is 80.2. The molecule has 12 aromatic rings. The monoisotopic (exact) mass is 1580 g/mol. The number of allylic oxidation sites excluding steroid dienone is 2. The third-order valence-corrected chi connectivity index (χ3v) is 22.6. The van der Waals surface area contributed by atoms with Gasteiger partial charge in [0.2, 0.25) is 17.6 Å². The number of aromatic nitrogens is 9. The molecule has 0 radical (unpaired) electrons. The number of ether oxygens (including phenoxy) is 7. The normalized spacial score (nSPS) is 15.9. The first-order valence-corrected chi connectivity index (χ1v) is 40.1.